The van der Waals surface area contributed by atoms with Gasteiger partial charge in [-0.15, -0.1) is 0 Å². The van der Waals surface area contributed by atoms with Gasteiger partial charge < -0.3 is 14.8 Å². The average Bonchev–Trinajstić information content (AvgIpc) is 3.16. The number of hydrogen-bond donors (Lipinski definition) is 1. The van der Waals surface area contributed by atoms with E-state index in [1.54, 1.807) is 38.1 Å². The summed E-state index contributed by atoms with van der Waals surface area (Å²) in [6.45, 7) is 3.58. The second kappa shape index (κ2) is 5.86. The molecule has 1 aromatic rings. The number of hydrogen-bond acceptors (Lipinski definition) is 5. The summed E-state index contributed by atoms with van der Waals surface area (Å²) in [5.74, 6) is -0.894. The highest BCUT2D eigenvalue weighted by atomic mass is 16.6. The Labute approximate surface area is 145 Å². The van der Waals surface area contributed by atoms with Gasteiger partial charge in [0.1, 0.15) is 6.10 Å². The summed E-state index contributed by atoms with van der Waals surface area (Å²) in [6.07, 6.45) is 1.54. The van der Waals surface area contributed by atoms with Crippen LogP contribution in [0.4, 0.5) is 5.69 Å². The molecule has 25 heavy (non-hydrogen) atoms. The summed E-state index contributed by atoms with van der Waals surface area (Å²) in [5, 5.41) is 2.88. The van der Waals surface area contributed by atoms with Crippen molar-refractivity contribution < 1.29 is 23.9 Å². The van der Waals surface area contributed by atoms with Crippen LogP contribution in [0.2, 0.25) is 0 Å². The maximum absolute atomic E-state index is 12.7. The number of ether oxygens (including phenoxy) is 2. The molecule has 6 nitrogen and oxygen atoms in total. The van der Waals surface area contributed by atoms with E-state index in [4.69, 9.17) is 9.47 Å². The molecule has 2 aliphatic carbocycles. The molecule has 1 amide bonds. The minimum absolute atomic E-state index is 0.0257. The van der Waals surface area contributed by atoms with Crippen molar-refractivity contribution in [3.05, 3.63) is 29.8 Å². The van der Waals surface area contributed by atoms with Crippen LogP contribution >= 0.6 is 0 Å². The fourth-order valence-electron chi connectivity index (χ4n) is 4.56. The lowest BCUT2D eigenvalue weighted by atomic mass is 9.79. The first kappa shape index (κ1) is 16.1. The fourth-order valence-corrected chi connectivity index (χ4v) is 4.56. The van der Waals surface area contributed by atoms with Crippen LogP contribution in [0.25, 0.3) is 0 Å². The number of esters is 2. The van der Waals surface area contributed by atoms with E-state index in [9.17, 15) is 14.4 Å². The zero-order valence-electron chi connectivity index (χ0n) is 14.2. The molecule has 1 saturated heterocycles. The van der Waals surface area contributed by atoms with Crippen molar-refractivity contribution in [2.75, 3.05) is 5.32 Å². The van der Waals surface area contributed by atoms with Crippen molar-refractivity contribution in [3.63, 3.8) is 0 Å². The molecular formula is C19H21NO5. The summed E-state index contributed by atoms with van der Waals surface area (Å²) in [5.41, 5.74) is 1.05. The SMILES string of the molecule is CC(C)OC(=O)c1ccc(NC(=O)[C@@H]2[C@@H]3C[C@H]4[C@@H]2C(=O)O[C@@H]4C3)cc1. The van der Waals surface area contributed by atoms with Gasteiger partial charge in [-0.05, 0) is 56.9 Å². The second-order valence-corrected chi connectivity index (χ2v) is 7.44. The van der Waals surface area contributed by atoms with Crippen LogP contribution in [0.1, 0.15) is 37.0 Å². The normalized spacial score (nSPS) is 32.0. The molecule has 0 aromatic heterocycles. The monoisotopic (exact) mass is 343 g/mol. The Kier molecular flexibility index (Phi) is 3.78. The number of nitrogens with one attached hydrogen (secondary N) is 1. The summed E-state index contributed by atoms with van der Waals surface area (Å²) >= 11 is 0. The lowest BCUT2D eigenvalue weighted by Gasteiger charge is -2.23. The van der Waals surface area contributed by atoms with E-state index in [2.05, 4.69) is 5.32 Å². The van der Waals surface area contributed by atoms with E-state index < -0.39 is 0 Å². The smallest absolute Gasteiger partial charge is 0.338 e. The van der Waals surface area contributed by atoms with Crippen LogP contribution in [-0.2, 0) is 19.1 Å². The van der Waals surface area contributed by atoms with E-state index in [-0.39, 0.29) is 53.7 Å². The second-order valence-electron chi connectivity index (χ2n) is 7.44. The number of anilines is 1. The lowest BCUT2D eigenvalue weighted by Crippen LogP contribution is -2.35. The van der Waals surface area contributed by atoms with Crippen LogP contribution in [0, 0.1) is 23.7 Å². The van der Waals surface area contributed by atoms with Gasteiger partial charge in [0.15, 0.2) is 0 Å². The molecule has 132 valence electrons. The molecule has 2 bridgehead atoms. The maximum atomic E-state index is 12.7. The number of fused-ring (bicyclic) bond motifs is 1. The third-order valence-corrected chi connectivity index (χ3v) is 5.52. The summed E-state index contributed by atoms with van der Waals surface area (Å²) in [7, 11) is 0. The van der Waals surface area contributed by atoms with Gasteiger partial charge in [0.25, 0.3) is 0 Å². The lowest BCUT2D eigenvalue weighted by molar-refractivity contribution is -0.145. The van der Waals surface area contributed by atoms with Crippen LogP contribution < -0.4 is 5.32 Å². The highest BCUT2D eigenvalue weighted by molar-refractivity contribution is 5.97. The van der Waals surface area contributed by atoms with Crippen molar-refractivity contribution in [2.24, 2.45) is 23.7 Å². The molecule has 3 fully saturated rings. The van der Waals surface area contributed by atoms with Gasteiger partial charge in [-0.1, -0.05) is 0 Å². The van der Waals surface area contributed by atoms with Gasteiger partial charge in [0.05, 0.1) is 23.5 Å². The molecule has 1 aromatic carbocycles. The van der Waals surface area contributed by atoms with Crippen LogP contribution in [0.3, 0.4) is 0 Å². The Morgan fingerprint density at radius 3 is 2.60 bits per heavy atom. The fraction of sp³-hybridized carbons (Fsp3) is 0.526. The molecule has 0 spiro atoms. The molecule has 1 N–H and O–H groups in total. The van der Waals surface area contributed by atoms with Gasteiger partial charge in [-0.3, -0.25) is 9.59 Å². The van der Waals surface area contributed by atoms with Crippen molar-refractivity contribution in [1.82, 2.24) is 0 Å². The molecule has 1 heterocycles. The Balaban J connectivity index is 1.43. The van der Waals surface area contributed by atoms with Gasteiger partial charge >= 0.3 is 11.9 Å². The number of amides is 1. The Hall–Kier alpha value is -2.37. The Morgan fingerprint density at radius 1 is 1.20 bits per heavy atom. The minimum atomic E-state index is -0.388. The highest BCUT2D eigenvalue weighted by Gasteiger charge is 2.63. The van der Waals surface area contributed by atoms with Crippen LogP contribution in [0.15, 0.2) is 24.3 Å². The average molecular weight is 343 g/mol. The first-order valence-electron chi connectivity index (χ1n) is 8.76. The summed E-state index contributed by atoms with van der Waals surface area (Å²) < 4.78 is 10.5. The minimum Gasteiger partial charge on any atom is -0.462 e. The van der Waals surface area contributed by atoms with E-state index in [0.29, 0.717) is 11.3 Å². The molecule has 0 unspecified atom stereocenters. The van der Waals surface area contributed by atoms with E-state index in [1.807, 2.05) is 0 Å². The predicted octanol–water partition coefficient (Wildman–Crippen LogP) is 2.39. The quantitative estimate of drug-likeness (QED) is 0.849. The van der Waals surface area contributed by atoms with Crippen molar-refractivity contribution in [2.45, 2.75) is 38.9 Å². The molecule has 1 aliphatic heterocycles. The van der Waals surface area contributed by atoms with E-state index >= 15 is 0 Å². The van der Waals surface area contributed by atoms with Gasteiger partial charge in [0, 0.05) is 11.6 Å². The Morgan fingerprint density at radius 2 is 1.92 bits per heavy atom. The zero-order valence-corrected chi connectivity index (χ0v) is 14.2. The topological polar surface area (TPSA) is 81.7 Å². The first-order valence-corrected chi connectivity index (χ1v) is 8.76. The molecule has 5 atom stereocenters. The number of benzene rings is 1. The number of rotatable bonds is 4. The Bertz CT molecular complexity index is 724. The summed E-state index contributed by atoms with van der Waals surface area (Å²) in [6, 6.07) is 6.61. The first-order chi connectivity index (χ1) is 11.9. The van der Waals surface area contributed by atoms with Gasteiger partial charge in [-0.2, -0.15) is 0 Å². The number of carbonyl (C=O) groups is 3. The molecule has 6 heteroatoms. The standard InChI is InChI=1S/C19H21NO5/c1-9(2)24-18(22)10-3-5-12(6-4-10)20-17(21)15-11-7-13-14(8-11)25-19(23)16(13)15/h3-6,9,11,13-16H,7-8H2,1-2H3,(H,20,21)/t11-,13-,14-,15-,16+/m1/s1. The van der Waals surface area contributed by atoms with Crippen molar-refractivity contribution in [3.8, 4) is 0 Å². The van der Waals surface area contributed by atoms with Gasteiger partial charge in [0.2, 0.25) is 5.91 Å². The maximum Gasteiger partial charge on any atom is 0.338 e. The molecule has 2 saturated carbocycles. The predicted molar refractivity (Wildman–Crippen MR) is 88.7 cm³/mol. The van der Waals surface area contributed by atoms with E-state index in [1.165, 1.54) is 0 Å². The van der Waals surface area contributed by atoms with Crippen molar-refractivity contribution >= 4 is 23.5 Å². The molecule has 0 radical (unpaired) electrons. The summed E-state index contributed by atoms with van der Waals surface area (Å²) in [4.78, 5) is 36.6. The molecule has 4 rings (SSSR count). The van der Waals surface area contributed by atoms with E-state index in [0.717, 1.165) is 12.8 Å². The number of carbonyl (C=O) groups excluding carboxylic acids is 3. The molecule has 3 aliphatic rings. The largest absolute Gasteiger partial charge is 0.462 e. The van der Waals surface area contributed by atoms with Crippen LogP contribution in [-0.4, -0.2) is 30.1 Å². The highest BCUT2D eigenvalue weighted by Crippen LogP contribution is 2.57. The third kappa shape index (κ3) is 2.69. The third-order valence-electron chi connectivity index (χ3n) is 5.52. The van der Waals surface area contributed by atoms with Crippen molar-refractivity contribution in [1.29, 1.82) is 0 Å². The zero-order chi connectivity index (χ0) is 17.7. The molecular weight excluding hydrogens is 322 g/mol. The van der Waals surface area contributed by atoms with Crippen LogP contribution in [0.5, 0.6) is 0 Å². The van der Waals surface area contributed by atoms with Gasteiger partial charge in [-0.25, -0.2) is 4.79 Å².